The van der Waals surface area contributed by atoms with Crippen molar-refractivity contribution >= 4 is 17.6 Å². The van der Waals surface area contributed by atoms with Crippen LogP contribution in [-0.4, -0.2) is 41.5 Å². The van der Waals surface area contributed by atoms with Gasteiger partial charge < -0.3 is 15.0 Å². The van der Waals surface area contributed by atoms with E-state index in [9.17, 15) is 14.0 Å². The van der Waals surface area contributed by atoms with Gasteiger partial charge in [0, 0.05) is 18.8 Å². The molecular weight excluding hydrogens is 325 g/mol. The number of rotatable bonds is 3. The van der Waals surface area contributed by atoms with Crippen LogP contribution in [-0.2, 0) is 14.3 Å². The number of halogens is 1. The second kappa shape index (κ2) is 6.98. The lowest BCUT2D eigenvalue weighted by molar-refractivity contribution is -0.160. The molecule has 0 bridgehead atoms. The summed E-state index contributed by atoms with van der Waals surface area (Å²) in [5, 5.41) is 2.67. The Morgan fingerprint density at radius 3 is 2.84 bits per heavy atom. The van der Waals surface area contributed by atoms with Gasteiger partial charge in [-0.25, -0.2) is 9.37 Å². The van der Waals surface area contributed by atoms with Crippen LogP contribution in [0.3, 0.4) is 0 Å². The van der Waals surface area contributed by atoms with Gasteiger partial charge in [0.05, 0.1) is 6.04 Å². The molecule has 2 unspecified atom stereocenters. The summed E-state index contributed by atoms with van der Waals surface area (Å²) in [4.78, 5) is 30.1. The number of likely N-dealkylation sites (N-methyl/N-ethyl adjacent to an activating group) is 1. The zero-order valence-corrected chi connectivity index (χ0v) is 13.9. The average molecular weight is 343 g/mol. The predicted molar refractivity (Wildman–Crippen MR) is 89.3 cm³/mol. The Morgan fingerprint density at radius 1 is 1.36 bits per heavy atom. The van der Waals surface area contributed by atoms with Crippen molar-refractivity contribution in [2.75, 3.05) is 19.0 Å². The van der Waals surface area contributed by atoms with Gasteiger partial charge in [-0.3, -0.25) is 9.59 Å². The first-order chi connectivity index (χ1) is 12.0. The van der Waals surface area contributed by atoms with E-state index in [4.69, 9.17) is 4.74 Å². The Kier molecular flexibility index (Phi) is 4.76. The lowest BCUT2D eigenvalue weighted by Crippen LogP contribution is -2.51. The third-order valence-electron chi connectivity index (χ3n) is 4.13. The molecule has 0 aliphatic carbocycles. The topological polar surface area (TPSA) is 71.5 Å². The molecule has 3 rings (SSSR count). The highest BCUT2D eigenvalue weighted by Crippen LogP contribution is 2.31. The molecule has 1 N–H and O–H groups in total. The highest BCUT2D eigenvalue weighted by molar-refractivity contribution is 5.95. The SMILES string of the molecule is Cc1ccnc(NC(=O)C2OCC(=O)N(C)C2c2ccccc2F)c1. The van der Waals surface area contributed by atoms with Gasteiger partial charge in [-0.1, -0.05) is 18.2 Å². The number of amides is 2. The van der Waals surface area contributed by atoms with Crippen LogP contribution in [0, 0.1) is 12.7 Å². The van der Waals surface area contributed by atoms with Gasteiger partial charge in [-0.2, -0.15) is 0 Å². The van der Waals surface area contributed by atoms with Crippen molar-refractivity contribution in [1.29, 1.82) is 0 Å². The van der Waals surface area contributed by atoms with Crippen molar-refractivity contribution in [1.82, 2.24) is 9.88 Å². The number of nitrogens with zero attached hydrogens (tertiary/aromatic N) is 2. The summed E-state index contributed by atoms with van der Waals surface area (Å²) in [7, 11) is 1.53. The summed E-state index contributed by atoms with van der Waals surface area (Å²) in [5.41, 5.74) is 1.17. The van der Waals surface area contributed by atoms with Crippen LogP contribution >= 0.6 is 0 Å². The lowest BCUT2D eigenvalue weighted by Gasteiger charge is -2.38. The van der Waals surface area contributed by atoms with Crippen LogP contribution in [0.4, 0.5) is 10.2 Å². The number of aryl methyl sites for hydroxylation is 1. The number of anilines is 1. The van der Waals surface area contributed by atoms with Gasteiger partial charge in [0.2, 0.25) is 5.91 Å². The van der Waals surface area contributed by atoms with E-state index in [2.05, 4.69) is 10.3 Å². The fourth-order valence-corrected chi connectivity index (χ4v) is 2.82. The maximum absolute atomic E-state index is 14.3. The Morgan fingerprint density at radius 2 is 2.12 bits per heavy atom. The number of hydrogen-bond donors (Lipinski definition) is 1. The Labute approximate surface area is 144 Å². The molecule has 0 spiro atoms. The van der Waals surface area contributed by atoms with Gasteiger partial charge in [0.15, 0.2) is 6.10 Å². The fraction of sp³-hybridized carbons (Fsp3) is 0.278. The molecule has 1 aromatic heterocycles. The highest BCUT2D eigenvalue weighted by atomic mass is 19.1. The Hall–Kier alpha value is -2.80. The molecule has 2 heterocycles. The molecule has 2 amide bonds. The third kappa shape index (κ3) is 3.51. The smallest absolute Gasteiger partial charge is 0.257 e. The zero-order valence-electron chi connectivity index (χ0n) is 13.9. The summed E-state index contributed by atoms with van der Waals surface area (Å²) in [6, 6.07) is 8.71. The van der Waals surface area contributed by atoms with Gasteiger partial charge in [0.1, 0.15) is 18.2 Å². The number of pyridine rings is 1. The zero-order chi connectivity index (χ0) is 18.0. The van der Waals surface area contributed by atoms with Crippen LogP contribution in [0.15, 0.2) is 42.6 Å². The number of hydrogen-bond acceptors (Lipinski definition) is 4. The number of carbonyl (C=O) groups is 2. The summed E-state index contributed by atoms with van der Waals surface area (Å²) in [5.74, 6) is -0.916. The van der Waals surface area contributed by atoms with Crippen molar-refractivity contribution < 1.29 is 18.7 Å². The molecule has 2 aromatic rings. The number of benzene rings is 1. The number of nitrogens with one attached hydrogen (secondary N) is 1. The van der Waals surface area contributed by atoms with Gasteiger partial charge in [-0.15, -0.1) is 0 Å². The number of carbonyl (C=O) groups excluding carboxylic acids is 2. The molecule has 0 saturated carbocycles. The van der Waals surface area contributed by atoms with E-state index in [1.165, 1.54) is 18.0 Å². The molecule has 7 heteroatoms. The van der Waals surface area contributed by atoms with Crippen LogP contribution in [0.2, 0.25) is 0 Å². The predicted octanol–water partition coefficient (Wildman–Crippen LogP) is 2.07. The minimum absolute atomic E-state index is 0.232. The van der Waals surface area contributed by atoms with E-state index >= 15 is 0 Å². The molecule has 0 radical (unpaired) electrons. The van der Waals surface area contributed by atoms with E-state index in [1.807, 2.05) is 6.92 Å². The average Bonchev–Trinajstić information content (AvgIpc) is 2.58. The summed E-state index contributed by atoms with van der Waals surface area (Å²) in [6.45, 7) is 1.64. The lowest BCUT2D eigenvalue weighted by atomic mass is 9.97. The van der Waals surface area contributed by atoms with Crippen LogP contribution < -0.4 is 5.32 Å². The van der Waals surface area contributed by atoms with Gasteiger partial charge in [-0.05, 0) is 30.7 Å². The monoisotopic (exact) mass is 343 g/mol. The molecule has 1 aromatic carbocycles. The molecule has 1 saturated heterocycles. The highest BCUT2D eigenvalue weighted by Gasteiger charge is 2.41. The van der Waals surface area contributed by atoms with E-state index < -0.39 is 23.9 Å². The van der Waals surface area contributed by atoms with Crippen molar-refractivity contribution in [3.05, 3.63) is 59.5 Å². The standard InChI is InChI=1S/C18H18FN3O3/c1-11-7-8-20-14(9-11)21-18(24)17-16(22(2)15(23)10-25-17)12-5-3-4-6-13(12)19/h3-9,16-17H,10H2,1-2H3,(H,20,21,24). The minimum atomic E-state index is -1.04. The molecule has 1 aliphatic rings. The van der Waals surface area contributed by atoms with E-state index in [0.717, 1.165) is 5.56 Å². The Bertz CT molecular complexity index is 812. The van der Waals surface area contributed by atoms with E-state index in [1.54, 1.807) is 36.5 Å². The van der Waals surface area contributed by atoms with E-state index in [-0.39, 0.29) is 18.1 Å². The largest absolute Gasteiger partial charge is 0.356 e. The molecule has 6 nitrogen and oxygen atoms in total. The first-order valence-electron chi connectivity index (χ1n) is 7.82. The number of aromatic nitrogens is 1. The van der Waals surface area contributed by atoms with Crippen LogP contribution in [0.5, 0.6) is 0 Å². The number of ether oxygens (including phenoxy) is 1. The first kappa shape index (κ1) is 17.0. The number of morpholine rings is 1. The molecule has 1 aliphatic heterocycles. The normalized spacial score (nSPS) is 20.4. The van der Waals surface area contributed by atoms with Crippen molar-refractivity contribution in [2.24, 2.45) is 0 Å². The summed E-state index contributed by atoms with van der Waals surface area (Å²) < 4.78 is 19.7. The second-order valence-corrected chi connectivity index (χ2v) is 5.91. The Balaban J connectivity index is 1.90. The van der Waals surface area contributed by atoms with E-state index in [0.29, 0.717) is 5.82 Å². The summed E-state index contributed by atoms with van der Waals surface area (Å²) in [6.07, 6.45) is 0.540. The fourth-order valence-electron chi connectivity index (χ4n) is 2.82. The summed E-state index contributed by atoms with van der Waals surface area (Å²) >= 11 is 0. The molecule has 2 atom stereocenters. The quantitative estimate of drug-likeness (QED) is 0.926. The van der Waals surface area contributed by atoms with Crippen molar-refractivity contribution in [3.8, 4) is 0 Å². The van der Waals surface area contributed by atoms with Gasteiger partial charge in [0.25, 0.3) is 5.91 Å². The first-order valence-corrected chi connectivity index (χ1v) is 7.82. The second-order valence-electron chi connectivity index (χ2n) is 5.91. The van der Waals surface area contributed by atoms with Crippen molar-refractivity contribution in [3.63, 3.8) is 0 Å². The third-order valence-corrected chi connectivity index (χ3v) is 4.13. The molecule has 130 valence electrons. The van der Waals surface area contributed by atoms with Crippen molar-refractivity contribution in [2.45, 2.75) is 19.1 Å². The molecule has 1 fully saturated rings. The maximum atomic E-state index is 14.3. The van der Waals surface area contributed by atoms with Crippen LogP contribution in [0.1, 0.15) is 17.2 Å². The molecule has 25 heavy (non-hydrogen) atoms. The maximum Gasteiger partial charge on any atom is 0.257 e. The minimum Gasteiger partial charge on any atom is -0.356 e. The molecular formula is C18H18FN3O3. The van der Waals surface area contributed by atoms with Gasteiger partial charge >= 0.3 is 0 Å². The van der Waals surface area contributed by atoms with Crippen LogP contribution in [0.25, 0.3) is 0 Å².